The Balaban J connectivity index is 0.00000324. The van der Waals surface area contributed by atoms with Crippen LogP contribution >= 0.6 is 0 Å². The van der Waals surface area contributed by atoms with E-state index >= 15 is 0 Å². The monoisotopic (exact) mass is 493 g/mol. The van der Waals surface area contributed by atoms with Crippen LogP contribution in [0, 0.1) is 23.2 Å². The van der Waals surface area contributed by atoms with Crippen molar-refractivity contribution in [1.29, 1.82) is 0 Å². The molecule has 0 saturated heterocycles. The molecule has 1 aromatic rings. The zero-order valence-electron chi connectivity index (χ0n) is 20.6. The number of unbranched alkanes of at least 4 members (excludes halogenated alkanes) is 1. The van der Waals surface area contributed by atoms with Crippen molar-refractivity contribution in [2.45, 2.75) is 89.2 Å². The minimum atomic E-state index is -0.427. The number of aryl methyl sites for hydroxylation is 1. The minimum absolute atomic E-state index is 0. The second kappa shape index (κ2) is 11.6. The zero-order valence-corrected chi connectivity index (χ0v) is 21.4. The number of aromatic hydroxyl groups is 1. The van der Waals surface area contributed by atoms with Gasteiger partial charge in [-0.15, -0.1) is 0 Å². The van der Waals surface area contributed by atoms with E-state index in [9.17, 15) is 15.0 Å². The number of hydrogen-bond acceptors (Lipinski definition) is 4. The van der Waals surface area contributed by atoms with Crippen molar-refractivity contribution < 1.29 is 33.1 Å². The molecule has 8 N–H and O–H groups in total. The topological polar surface area (TPSA) is 123 Å². The SMILES string of the molecule is C[C@]12CC[C@@H]3c4ccc(O)cc4CC[C@H]3[C@@H]1C[C@H](CCCNC(=O)[C@@H](N)CCCC[NH3+])[C@@H]2O.[Cl-]. The molecule has 0 spiro atoms. The van der Waals surface area contributed by atoms with Crippen LogP contribution in [0.15, 0.2) is 18.2 Å². The second-order valence-electron chi connectivity index (χ2n) is 11.2. The number of nitrogens with two attached hydrogens (primary N) is 1. The lowest BCUT2D eigenvalue weighted by atomic mass is 9.55. The first kappa shape index (κ1) is 27.3. The van der Waals surface area contributed by atoms with E-state index in [2.05, 4.69) is 24.0 Å². The van der Waals surface area contributed by atoms with Gasteiger partial charge in [-0.05, 0) is 117 Å². The highest BCUT2D eigenvalue weighted by Crippen LogP contribution is 2.62. The lowest BCUT2D eigenvalue weighted by Crippen LogP contribution is -3.00. The van der Waals surface area contributed by atoms with Gasteiger partial charge in [0.1, 0.15) is 5.75 Å². The Bertz CT molecular complexity index is 837. The number of quaternary nitrogens is 1. The molecular weight excluding hydrogens is 450 g/mol. The molecule has 2 saturated carbocycles. The van der Waals surface area contributed by atoms with Crippen molar-refractivity contribution in [3.63, 3.8) is 0 Å². The molecule has 6 nitrogen and oxygen atoms in total. The van der Waals surface area contributed by atoms with Gasteiger partial charge >= 0.3 is 0 Å². The number of aliphatic hydroxyl groups is 1. The summed E-state index contributed by atoms with van der Waals surface area (Å²) in [7, 11) is 0. The van der Waals surface area contributed by atoms with Crippen LogP contribution < -0.4 is 29.2 Å². The van der Waals surface area contributed by atoms with Gasteiger partial charge in [-0.2, -0.15) is 0 Å². The Morgan fingerprint density at radius 1 is 1.29 bits per heavy atom. The maximum absolute atomic E-state index is 12.2. The largest absolute Gasteiger partial charge is 1.00 e. The first-order valence-corrected chi connectivity index (χ1v) is 13.2. The molecule has 4 rings (SSSR count). The highest BCUT2D eigenvalue weighted by Gasteiger charge is 2.57. The second-order valence-corrected chi connectivity index (χ2v) is 11.2. The van der Waals surface area contributed by atoms with Crippen LogP contribution in [-0.4, -0.2) is 41.4 Å². The van der Waals surface area contributed by atoms with E-state index in [-0.39, 0.29) is 29.8 Å². The van der Waals surface area contributed by atoms with E-state index in [0.29, 0.717) is 42.4 Å². The highest BCUT2D eigenvalue weighted by atomic mass is 35.5. The summed E-state index contributed by atoms with van der Waals surface area (Å²) in [6.45, 7) is 3.84. The molecule has 0 unspecified atom stereocenters. The Labute approximate surface area is 210 Å². The fourth-order valence-electron chi connectivity index (χ4n) is 7.38. The smallest absolute Gasteiger partial charge is 0.236 e. The quantitative estimate of drug-likeness (QED) is 0.297. The maximum Gasteiger partial charge on any atom is 0.236 e. The van der Waals surface area contributed by atoms with Gasteiger partial charge in [-0.1, -0.05) is 13.0 Å². The van der Waals surface area contributed by atoms with Gasteiger partial charge < -0.3 is 39.4 Å². The first-order chi connectivity index (χ1) is 15.8. The number of fused-ring (bicyclic) bond motifs is 5. The lowest BCUT2D eigenvalue weighted by Gasteiger charge is -2.50. The standard InChI is InChI=1S/C27H43N3O3.ClH/c1-27-12-11-21-20-10-8-19(31)15-17(20)7-9-22(21)23(27)16-18(25(27)32)5-4-14-30-26(33)24(29)6-2-3-13-28;/h8,10,15,18,21-25,31-32H,2-7,9,11-14,16,28-29H2,1H3,(H,30,33);1H/t18-,21+,22+,23-,24-,25-,27-;/m0./s1. The third-order valence-electron chi connectivity index (χ3n) is 9.23. The molecule has 1 aromatic carbocycles. The van der Waals surface area contributed by atoms with Crippen molar-refractivity contribution in [3.8, 4) is 5.75 Å². The van der Waals surface area contributed by atoms with Crippen LogP contribution in [0.25, 0.3) is 0 Å². The van der Waals surface area contributed by atoms with Crippen molar-refractivity contribution in [3.05, 3.63) is 29.3 Å². The van der Waals surface area contributed by atoms with Crippen molar-refractivity contribution in [1.82, 2.24) is 5.32 Å². The third-order valence-corrected chi connectivity index (χ3v) is 9.23. The fourth-order valence-corrected chi connectivity index (χ4v) is 7.38. The molecule has 7 heteroatoms. The highest BCUT2D eigenvalue weighted by molar-refractivity contribution is 5.81. The van der Waals surface area contributed by atoms with Crippen molar-refractivity contribution >= 4 is 5.91 Å². The summed E-state index contributed by atoms with van der Waals surface area (Å²) in [5.74, 6) is 2.35. The Morgan fingerprint density at radius 3 is 2.85 bits per heavy atom. The molecule has 7 atom stereocenters. The summed E-state index contributed by atoms with van der Waals surface area (Å²) >= 11 is 0. The zero-order chi connectivity index (χ0) is 23.6. The van der Waals surface area contributed by atoms with Crippen LogP contribution in [0.1, 0.15) is 81.8 Å². The van der Waals surface area contributed by atoms with Crippen molar-refractivity contribution in [2.75, 3.05) is 13.1 Å². The van der Waals surface area contributed by atoms with E-state index in [4.69, 9.17) is 5.73 Å². The Kier molecular flexibility index (Phi) is 9.29. The summed E-state index contributed by atoms with van der Waals surface area (Å²) in [4.78, 5) is 12.2. The van der Waals surface area contributed by atoms with E-state index < -0.39 is 6.04 Å². The summed E-state index contributed by atoms with van der Waals surface area (Å²) in [5, 5.41) is 24.2. The first-order valence-electron chi connectivity index (χ1n) is 13.2. The Hall–Kier alpha value is -1.34. The fraction of sp³-hybridized carbons (Fsp3) is 0.741. The summed E-state index contributed by atoms with van der Waals surface area (Å²) < 4.78 is 0. The van der Waals surface area contributed by atoms with Crippen LogP contribution in [-0.2, 0) is 11.2 Å². The molecule has 192 valence electrons. The van der Waals surface area contributed by atoms with Gasteiger partial charge in [-0.25, -0.2) is 0 Å². The number of hydrogen-bond donors (Lipinski definition) is 5. The van der Waals surface area contributed by atoms with Gasteiger partial charge in [0.05, 0.1) is 18.7 Å². The molecule has 0 heterocycles. The van der Waals surface area contributed by atoms with Gasteiger partial charge in [0.2, 0.25) is 5.91 Å². The van der Waals surface area contributed by atoms with Crippen molar-refractivity contribution in [2.24, 2.45) is 28.9 Å². The number of phenolic OH excluding ortho intramolecular Hbond substituents is 1. The number of phenols is 1. The third kappa shape index (κ3) is 5.40. The number of aliphatic hydroxyl groups excluding tert-OH is 1. The van der Waals surface area contributed by atoms with Crippen LogP contribution in [0.3, 0.4) is 0 Å². The van der Waals surface area contributed by atoms with Crippen LogP contribution in [0.5, 0.6) is 5.75 Å². The summed E-state index contributed by atoms with van der Waals surface area (Å²) in [6, 6.07) is 5.50. The van der Waals surface area contributed by atoms with Gasteiger partial charge in [0, 0.05) is 6.54 Å². The average Bonchev–Trinajstić information content (AvgIpc) is 3.06. The molecule has 0 aromatic heterocycles. The Morgan fingerprint density at radius 2 is 2.09 bits per heavy atom. The average molecular weight is 494 g/mol. The number of carbonyl (C=O) groups excluding carboxylic acids is 1. The van der Waals surface area contributed by atoms with Crippen LogP contribution in [0.2, 0.25) is 0 Å². The number of halogens is 1. The number of benzene rings is 1. The van der Waals surface area contributed by atoms with Gasteiger partial charge in [-0.3, -0.25) is 4.79 Å². The molecule has 0 bridgehead atoms. The number of amides is 1. The molecule has 2 fully saturated rings. The normalized spacial score (nSPS) is 32.6. The van der Waals surface area contributed by atoms with Gasteiger partial charge in [0.15, 0.2) is 0 Å². The molecule has 34 heavy (non-hydrogen) atoms. The molecule has 0 aliphatic heterocycles. The maximum atomic E-state index is 12.2. The van der Waals surface area contributed by atoms with E-state index in [1.54, 1.807) is 0 Å². The molecular formula is C27H44ClN3O3. The number of carbonyl (C=O) groups is 1. The number of rotatable bonds is 9. The lowest BCUT2D eigenvalue weighted by molar-refractivity contribution is -0.368. The van der Waals surface area contributed by atoms with E-state index in [1.165, 1.54) is 11.1 Å². The molecule has 0 radical (unpaired) electrons. The summed E-state index contributed by atoms with van der Waals surface area (Å²) in [5.41, 5.74) is 12.6. The molecule has 3 aliphatic carbocycles. The van der Waals surface area contributed by atoms with Gasteiger partial charge in [0.25, 0.3) is 0 Å². The predicted octanol–water partition coefficient (Wildman–Crippen LogP) is -0.525. The van der Waals surface area contributed by atoms with E-state index in [1.807, 2.05) is 12.1 Å². The summed E-state index contributed by atoms with van der Waals surface area (Å²) in [6.07, 6.45) is 9.71. The minimum Gasteiger partial charge on any atom is -1.00 e. The number of nitrogens with one attached hydrogen (secondary N) is 1. The molecule has 1 amide bonds. The predicted molar refractivity (Wildman–Crippen MR) is 129 cm³/mol. The van der Waals surface area contributed by atoms with E-state index in [0.717, 1.165) is 64.3 Å². The van der Waals surface area contributed by atoms with Crippen LogP contribution in [0.4, 0.5) is 0 Å². The molecule has 3 aliphatic rings.